The summed E-state index contributed by atoms with van der Waals surface area (Å²) in [6.45, 7) is 13.9. The molecule has 1 heteroatoms. The summed E-state index contributed by atoms with van der Waals surface area (Å²) in [4.78, 5) is 2.49. The fourth-order valence-electron chi connectivity index (χ4n) is 1.96. The number of hydrogen-bond acceptors (Lipinski definition) is 1. The van der Waals surface area contributed by atoms with Crippen molar-refractivity contribution in [2.45, 2.75) is 33.6 Å². The summed E-state index contributed by atoms with van der Waals surface area (Å²) in [5.74, 6) is 0. The number of rotatable bonds is 4. The van der Waals surface area contributed by atoms with Crippen LogP contribution in [0.4, 0.5) is 0 Å². The maximum absolute atomic E-state index is 4.06. The molecule has 0 spiro atoms. The Balaban J connectivity index is 2.55. The maximum atomic E-state index is 4.06. The number of nitrogens with zero attached hydrogens (tertiary/aromatic N) is 1. The predicted molar refractivity (Wildman–Crippen MR) is 68.0 cm³/mol. The second-order valence-corrected chi connectivity index (χ2v) is 4.40. The molecule has 84 valence electrons. The van der Waals surface area contributed by atoms with E-state index >= 15 is 0 Å². The molecular weight excluding hydrogens is 182 g/mol. The zero-order chi connectivity index (χ0) is 11.3. The van der Waals surface area contributed by atoms with E-state index < -0.39 is 0 Å². The molecule has 0 aliphatic carbocycles. The molecule has 0 atom stereocenters. The molecule has 0 aromatic heterocycles. The van der Waals surface area contributed by atoms with Crippen LogP contribution >= 0.6 is 0 Å². The molecule has 1 heterocycles. The van der Waals surface area contributed by atoms with Crippen LogP contribution in [-0.2, 0) is 0 Å². The molecule has 0 aromatic rings. The fourth-order valence-corrected chi connectivity index (χ4v) is 1.96. The van der Waals surface area contributed by atoms with Gasteiger partial charge in [-0.05, 0) is 32.3 Å². The summed E-state index contributed by atoms with van der Waals surface area (Å²) >= 11 is 0. The van der Waals surface area contributed by atoms with Crippen LogP contribution < -0.4 is 0 Å². The molecule has 0 saturated carbocycles. The minimum absolute atomic E-state index is 1.08. The van der Waals surface area contributed by atoms with E-state index in [1.165, 1.54) is 29.7 Å². The third-order valence-corrected chi connectivity index (χ3v) is 2.98. The molecule has 0 saturated heterocycles. The largest absolute Gasteiger partial charge is 0.295 e. The van der Waals surface area contributed by atoms with Crippen molar-refractivity contribution in [2.24, 2.45) is 0 Å². The molecule has 0 bridgehead atoms. The summed E-state index contributed by atoms with van der Waals surface area (Å²) in [6.07, 6.45) is 6.85. The van der Waals surface area contributed by atoms with Crippen molar-refractivity contribution in [3.8, 4) is 0 Å². The van der Waals surface area contributed by atoms with Gasteiger partial charge in [0.15, 0.2) is 0 Å². The van der Waals surface area contributed by atoms with Crippen molar-refractivity contribution in [3.05, 3.63) is 35.5 Å². The van der Waals surface area contributed by atoms with Crippen LogP contribution in [0.15, 0.2) is 35.5 Å². The van der Waals surface area contributed by atoms with E-state index in [4.69, 9.17) is 0 Å². The highest BCUT2D eigenvalue weighted by molar-refractivity contribution is 5.34. The number of hydrogen-bond donors (Lipinski definition) is 0. The minimum Gasteiger partial charge on any atom is -0.295 e. The Bertz CT molecular complexity index is 284. The smallest absolute Gasteiger partial charge is 0.0239 e. The summed E-state index contributed by atoms with van der Waals surface area (Å²) in [7, 11) is 0. The van der Waals surface area contributed by atoms with E-state index in [0.717, 1.165) is 19.5 Å². The zero-order valence-electron chi connectivity index (χ0n) is 10.3. The molecule has 1 aliphatic rings. The van der Waals surface area contributed by atoms with Gasteiger partial charge in [-0.1, -0.05) is 36.8 Å². The molecule has 0 N–H and O–H groups in total. The van der Waals surface area contributed by atoms with E-state index in [-0.39, 0.29) is 0 Å². The first-order chi connectivity index (χ1) is 7.15. The van der Waals surface area contributed by atoms with Crippen LogP contribution in [0.1, 0.15) is 33.6 Å². The van der Waals surface area contributed by atoms with Crippen LogP contribution in [0.25, 0.3) is 0 Å². The SMILES string of the molecule is C=C(C)C1=C(C)CCN(C/C=C/CC)C1. The lowest BCUT2D eigenvalue weighted by molar-refractivity contribution is 0.317. The zero-order valence-corrected chi connectivity index (χ0v) is 10.3. The molecule has 0 unspecified atom stereocenters. The summed E-state index contributed by atoms with van der Waals surface area (Å²) in [6, 6.07) is 0. The van der Waals surface area contributed by atoms with Crippen molar-refractivity contribution in [2.75, 3.05) is 19.6 Å². The van der Waals surface area contributed by atoms with E-state index in [9.17, 15) is 0 Å². The predicted octanol–water partition coefficient (Wildman–Crippen LogP) is 3.55. The van der Waals surface area contributed by atoms with Gasteiger partial charge in [-0.2, -0.15) is 0 Å². The van der Waals surface area contributed by atoms with Gasteiger partial charge in [-0.25, -0.2) is 0 Å². The van der Waals surface area contributed by atoms with Crippen molar-refractivity contribution in [1.82, 2.24) is 4.90 Å². The van der Waals surface area contributed by atoms with Gasteiger partial charge in [-0.15, -0.1) is 0 Å². The van der Waals surface area contributed by atoms with Gasteiger partial charge >= 0.3 is 0 Å². The van der Waals surface area contributed by atoms with Crippen LogP contribution in [0.5, 0.6) is 0 Å². The Hall–Kier alpha value is -0.820. The summed E-state index contributed by atoms with van der Waals surface area (Å²) < 4.78 is 0. The maximum Gasteiger partial charge on any atom is 0.0239 e. The third kappa shape index (κ3) is 3.67. The summed E-state index contributed by atoms with van der Waals surface area (Å²) in [5.41, 5.74) is 4.22. The van der Waals surface area contributed by atoms with Gasteiger partial charge in [0, 0.05) is 19.6 Å². The van der Waals surface area contributed by atoms with Crippen LogP contribution in [0, 0.1) is 0 Å². The van der Waals surface area contributed by atoms with Crippen molar-refractivity contribution in [3.63, 3.8) is 0 Å². The average molecular weight is 205 g/mol. The third-order valence-electron chi connectivity index (χ3n) is 2.98. The lowest BCUT2D eigenvalue weighted by Gasteiger charge is -2.29. The molecule has 0 amide bonds. The van der Waals surface area contributed by atoms with Gasteiger partial charge < -0.3 is 0 Å². The standard InChI is InChI=1S/C14H23N/c1-5-6-7-9-15-10-8-13(4)14(11-15)12(2)3/h6-7H,2,5,8-11H2,1,3-4H3/b7-6+. The molecule has 0 fully saturated rings. The quantitative estimate of drug-likeness (QED) is 0.634. The van der Waals surface area contributed by atoms with Crippen LogP contribution in [0.2, 0.25) is 0 Å². The normalized spacial score (nSPS) is 18.9. The summed E-state index contributed by atoms with van der Waals surface area (Å²) in [5, 5.41) is 0. The first-order valence-corrected chi connectivity index (χ1v) is 5.87. The Morgan fingerprint density at radius 2 is 2.20 bits per heavy atom. The van der Waals surface area contributed by atoms with Gasteiger partial charge in [0.1, 0.15) is 0 Å². The molecular formula is C14H23N. The van der Waals surface area contributed by atoms with E-state index in [1.807, 2.05) is 0 Å². The Morgan fingerprint density at radius 3 is 2.80 bits per heavy atom. The molecule has 1 nitrogen and oxygen atoms in total. The molecule has 15 heavy (non-hydrogen) atoms. The lowest BCUT2D eigenvalue weighted by atomic mass is 9.97. The minimum atomic E-state index is 1.08. The van der Waals surface area contributed by atoms with Crippen molar-refractivity contribution < 1.29 is 0 Å². The fraction of sp³-hybridized carbons (Fsp3) is 0.571. The molecule has 0 aromatic carbocycles. The molecule has 0 radical (unpaired) electrons. The van der Waals surface area contributed by atoms with Gasteiger partial charge in [0.2, 0.25) is 0 Å². The number of allylic oxidation sites excluding steroid dienone is 1. The van der Waals surface area contributed by atoms with Gasteiger partial charge in [-0.3, -0.25) is 4.90 Å². The first kappa shape index (κ1) is 12.3. The highest BCUT2D eigenvalue weighted by atomic mass is 15.1. The van der Waals surface area contributed by atoms with Crippen LogP contribution in [0.3, 0.4) is 0 Å². The monoisotopic (exact) mass is 205 g/mol. The topological polar surface area (TPSA) is 3.24 Å². The van der Waals surface area contributed by atoms with Crippen molar-refractivity contribution >= 4 is 0 Å². The van der Waals surface area contributed by atoms with Crippen molar-refractivity contribution in [1.29, 1.82) is 0 Å². The van der Waals surface area contributed by atoms with Gasteiger partial charge in [0.05, 0.1) is 0 Å². The second kappa shape index (κ2) is 5.92. The average Bonchev–Trinajstić information content (AvgIpc) is 2.20. The van der Waals surface area contributed by atoms with Gasteiger partial charge in [0.25, 0.3) is 0 Å². The Kier molecular flexibility index (Phi) is 4.83. The van der Waals surface area contributed by atoms with E-state index in [1.54, 1.807) is 0 Å². The van der Waals surface area contributed by atoms with Crippen LogP contribution in [-0.4, -0.2) is 24.5 Å². The first-order valence-electron chi connectivity index (χ1n) is 5.87. The lowest BCUT2D eigenvalue weighted by Crippen LogP contribution is -2.31. The highest BCUT2D eigenvalue weighted by Crippen LogP contribution is 2.22. The highest BCUT2D eigenvalue weighted by Gasteiger charge is 2.15. The van der Waals surface area contributed by atoms with E-state index in [0.29, 0.717) is 0 Å². The Morgan fingerprint density at radius 1 is 1.47 bits per heavy atom. The molecule has 1 aliphatic heterocycles. The van der Waals surface area contributed by atoms with E-state index in [2.05, 4.69) is 44.4 Å². The Labute approximate surface area is 94.2 Å². The molecule has 1 rings (SSSR count). The second-order valence-electron chi connectivity index (χ2n) is 4.40.